The van der Waals surface area contributed by atoms with Gasteiger partial charge in [0.2, 0.25) is 0 Å². The lowest BCUT2D eigenvalue weighted by Gasteiger charge is -2.43. The summed E-state index contributed by atoms with van der Waals surface area (Å²) in [6, 6.07) is 9.02. The number of anilines is 2. The van der Waals surface area contributed by atoms with E-state index < -0.39 is 11.7 Å². The number of aromatic nitrogens is 3. The van der Waals surface area contributed by atoms with E-state index in [0.29, 0.717) is 12.4 Å². The number of piperidine rings is 1. The number of carbonyl (C=O) groups excluding carboxylic acids is 1. The van der Waals surface area contributed by atoms with Crippen molar-refractivity contribution in [2.45, 2.75) is 45.1 Å². The number of pyridine rings is 1. The monoisotopic (exact) mass is 484 g/mol. The lowest BCUT2D eigenvalue weighted by Crippen LogP contribution is -2.54. The molecule has 0 radical (unpaired) electrons. The van der Waals surface area contributed by atoms with E-state index in [-0.39, 0.29) is 24.2 Å². The predicted octanol–water partition coefficient (Wildman–Crippen LogP) is 4.75. The molecule has 4 heterocycles. The van der Waals surface area contributed by atoms with Gasteiger partial charge in [-0.15, -0.1) is 0 Å². The molecule has 2 aliphatic heterocycles. The molecule has 2 aliphatic rings. The molecule has 0 spiro atoms. The summed E-state index contributed by atoms with van der Waals surface area (Å²) >= 11 is 0. The number of fused-ring (bicyclic) bond motifs is 1. The molecule has 184 valence electrons. The number of hydrogen-bond acceptors (Lipinski definition) is 4. The number of halogens is 3. The summed E-state index contributed by atoms with van der Waals surface area (Å²) < 4.78 is 42.5. The van der Waals surface area contributed by atoms with Gasteiger partial charge in [0, 0.05) is 44.1 Å². The summed E-state index contributed by atoms with van der Waals surface area (Å²) in [5.41, 5.74) is 1.25. The smallest absolute Gasteiger partial charge is 0.356 e. The SMILES string of the molecule is Cc1cccnc1N1CCC(N2Cc3cn(C)nc3N(Cc3ccccc3C(F)(F)F)C2=O)CC1. The first-order valence-corrected chi connectivity index (χ1v) is 11.6. The fraction of sp³-hybridized carbons (Fsp3) is 0.400. The molecule has 1 saturated heterocycles. The van der Waals surface area contributed by atoms with Crippen LogP contribution < -0.4 is 9.80 Å². The molecule has 0 unspecified atom stereocenters. The highest BCUT2D eigenvalue weighted by atomic mass is 19.4. The van der Waals surface area contributed by atoms with Gasteiger partial charge in [0.15, 0.2) is 5.82 Å². The normalized spacial score (nSPS) is 17.2. The summed E-state index contributed by atoms with van der Waals surface area (Å²) in [5, 5.41) is 4.41. The van der Waals surface area contributed by atoms with E-state index in [1.165, 1.54) is 17.0 Å². The third-order valence-electron chi connectivity index (χ3n) is 6.79. The Hall–Kier alpha value is -3.56. The lowest BCUT2D eigenvalue weighted by atomic mass is 10.0. The molecule has 0 N–H and O–H groups in total. The van der Waals surface area contributed by atoms with Crippen LogP contribution in [0, 0.1) is 6.92 Å². The highest BCUT2D eigenvalue weighted by Gasteiger charge is 2.40. The number of aryl methyl sites for hydroxylation is 2. The van der Waals surface area contributed by atoms with Gasteiger partial charge in [-0.3, -0.25) is 9.58 Å². The van der Waals surface area contributed by atoms with Crippen molar-refractivity contribution in [2.75, 3.05) is 22.9 Å². The third-order valence-corrected chi connectivity index (χ3v) is 6.79. The van der Waals surface area contributed by atoms with Crippen LogP contribution in [-0.2, 0) is 26.3 Å². The van der Waals surface area contributed by atoms with Gasteiger partial charge in [-0.2, -0.15) is 18.3 Å². The van der Waals surface area contributed by atoms with Gasteiger partial charge in [-0.05, 0) is 43.0 Å². The third kappa shape index (κ3) is 4.44. The van der Waals surface area contributed by atoms with Crippen LogP contribution in [0.15, 0.2) is 48.8 Å². The van der Waals surface area contributed by atoms with Crippen molar-refractivity contribution in [1.29, 1.82) is 0 Å². The van der Waals surface area contributed by atoms with Gasteiger partial charge >= 0.3 is 12.2 Å². The van der Waals surface area contributed by atoms with Gasteiger partial charge in [0.25, 0.3) is 0 Å². The molecule has 5 rings (SSSR count). The maximum Gasteiger partial charge on any atom is 0.416 e. The summed E-state index contributed by atoms with van der Waals surface area (Å²) in [6.07, 6.45) is 0.625. The van der Waals surface area contributed by atoms with Crippen LogP contribution in [0.2, 0.25) is 0 Å². The van der Waals surface area contributed by atoms with E-state index in [0.717, 1.165) is 48.9 Å². The Labute approximate surface area is 201 Å². The van der Waals surface area contributed by atoms with Crippen molar-refractivity contribution in [1.82, 2.24) is 19.7 Å². The van der Waals surface area contributed by atoms with E-state index in [2.05, 4.69) is 15.0 Å². The van der Waals surface area contributed by atoms with Crippen LogP contribution in [0.4, 0.5) is 29.6 Å². The average Bonchev–Trinajstić information content (AvgIpc) is 3.21. The number of amides is 2. The maximum atomic E-state index is 13.7. The van der Waals surface area contributed by atoms with Crippen molar-refractivity contribution in [3.05, 3.63) is 71.0 Å². The Morgan fingerprint density at radius 2 is 1.80 bits per heavy atom. The molecule has 0 saturated carbocycles. The molecule has 1 fully saturated rings. The zero-order chi connectivity index (χ0) is 24.7. The van der Waals surface area contributed by atoms with Crippen LogP contribution in [0.3, 0.4) is 0 Å². The number of hydrogen-bond donors (Lipinski definition) is 0. The summed E-state index contributed by atoms with van der Waals surface area (Å²) in [6.45, 7) is 3.74. The van der Waals surface area contributed by atoms with Crippen molar-refractivity contribution < 1.29 is 18.0 Å². The first-order valence-electron chi connectivity index (χ1n) is 11.6. The van der Waals surface area contributed by atoms with Crippen LogP contribution >= 0.6 is 0 Å². The molecular formula is C25H27F3N6O. The van der Waals surface area contributed by atoms with Crippen molar-refractivity contribution >= 4 is 17.7 Å². The topological polar surface area (TPSA) is 57.5 Å². The zero-order valence-corrected chi connectivity index (χ0v) is 19.7. The van der Waals surface area contributed by atoms with Crippen LogP contribution in [0.25, 0.3) is 0 Å². The Morgan fingerprint density at radius 3 is 2.51 bits per heavy atom. The van der Waals surface area contributed by atoms with Crippen molar-refractivity contribution in [3.8, 4) is 0 Å². The number of nitrogens with zero attached hydrogens (tertiary/aromatic N) is 6. The van der Waals surface area contributed by atoms with E-state index in [1.807, 2.05) is 25.3 Å². The second kappa shape index (κ2) is 8.90. The Balaban J connectivity index is 1.39. The molecule has 7 nitrogen and oxygen atoms in total. The number of carbonyl (C=O) groups is 1. The largest absolute Gasteiger partial charge is 0.416 e. The lowest BCUT2D eigenvalue weighted by molar-refractivity contribution is -0.138. The fourth-order valence-corrected chi connectivity index (χ4v) is 5.09. The zero-order valence-electron chi connectivity index (χ0n) is 19.7. The van der Waals surface area contributed by atoms with Crippen molar-refractivity contribution in [2.24, 2.45) is 7.05 Å². The number of rotatable bonds is 4. The minimum Gasteiger partial charge on any atom is -0.356 e. The van der Waals surface area contributed by atoms with Gasteiger partial charge in [0.1, 0.15) is 5.82 Å². The first-order chi connectivity index (χ1) is 16.7. The highest BCUT2D eigenvalue weighted by Crippen LogP contribution is 2.36. The molecule has 35 heavy (non-hydrogen) atoms. The molecule has 3 aromatic rings. The van der Waals surface area contributed by atoms with E-state index >= 15 is 0 Å². The molecule has 10 heteroatoms. The first kappa shape index (κ1) is 23.2. The molecule has 0 bridgehead atoms. The summed E-state index contributed by atoms with van der Waals surface area (Å²) in [7, 11) is 1.75. The van der Waals surface area contributed by atoms with Crippen LogP contribution in [0.5, 0.6) is 0 Å². The van der Waals surface area contributed by atoms with E-state index in [9.17, 15) is 18.0 Å². The van der Waals surface area contributed by atoms with E-state index in [4.69, 9.17) is 0 Å². The molecule has 2 aromatic heterocycles. The summed E-state index contributed by atoms with van der Waals surface area (Å²) in [4.78, 5) is 23.6. The fourth-order valence-electron chi connectivity index (χ4n) is 5.09. The quantitative estimate of drug-likeness (QED) is 0.536. The number of urea groups is 1. The molecule has 1 aromatic carbocycles. The predicted molar refractivity (Wildman–Crippen MR) is 126 cm³/mol. The van der Waals surface area contributed by atoms with E-state index in [1.54, 1.807) is 28.9 Å². The second-order valence-electron chi connectivity index (χ2n) is 9.17. The number of benzene rings is 1. The molecule has 0 atom stereocenters. The van der Waals surface area contributed by atoms with Gasteiger partial charge in [-0.25, -0.2) is 9.78 Å². The molecule has 2 amide bonds. The van der Waals surface area contributed by atoms with Crippen LogP contribution in [0.1, 0.15) is 35.1 Å². The number of alkyl halides is 3. The Kier molecular flexibility index (Phi) is 5.90. The molecule has 0 aliphatic carbocycles. The maximum absolute atomic E-state index is 13.7. The van der Waals surface area contributed by atoms with Crippen LogP contribution in [-0.4, -0.2) is 44.8 Å². The minimum atomic E-state index is -4.50. The van der Waals surface area contributed by atoms with Gasteiger partial charge in [0.05, 0.1) is 18.7 Å². The van der Waals surface area contributed by atoms with Crippen molar-refractivity contribution in [3.63, 3.8) is 0 Å². The Bertz CT molecular complexity index is 1230. The Morgan fingerprint density at radius 1 is 1.06 bits per heavy atom. The molecular weight excluding hydrogens is 457 g/mol. The van der Waals surface area contributed by atoms with Gasteiger partial charge < -0.3 is 9.80 Å². The van der Waals surface area contributed by atoms with Gasteiger partial charge in [-0.1, -0.05) is 24.3 Å². The standard InChI is InChI=1S/C25H27F3N6O/c1-17-6-5-11-29-22(17)32-12-9-20(10-13-32)33-16-19-14-31(2)30-23(19)34(24(33)35)15-18-7-3-4-8-21(18)25(26,27)28/h3-8,11,14,20H,9-10,12-13,15-16H2,1-2H3. The minimum absolute atomic E-state index is 0.0171. The second-order valence-corrected chi connectivity index (χ2v) is 9.17. The summed E-state index contributed by atoms with van der Waals surface area (Å²) in [5.74, 6) is 1.38. The average molecular weight is 485 g/mol. The highest BCUT2D eigenvalue weighted by molar-refractivity contribution is 5.94.